The van der Waals surface area contributed by atoms with Gasteiger partial charge in [-0.2, -0.15) is 0 Å². The van der Waals surface area contributed by atoms with E-state index in [2.05, 4.69) is 18.2 Å². The zero-order valence-electron chi connectivity index (χ0n) is 17.6. The summed E-state index contributed by atoms with van der Waals surface area (Å²) in [4.78, 5) is 14.8. The van der Waals surface area contributed by atoms with Gasteiger partial charge in [-0.25, -0.2) is 15.0 Å². The molecule has 0 aliphatic rings. The van der Waals surface area contributed by atoms with Crippen molar-refractivity contribution in [1.29, 1.82) is 0 Å². The molecule has 0 bridgehead atoms. The molecule has 2 heterocycles. The standard InChI is InChI=1S/C29H18ClN3/c30-28-25(27-23-17-8-7-15-21(23)22-16-9-10-18-24(22)31-27)26(19-11-3-1-4-12-19)32-29(33-28)20-13-5-2-6-14-20/h1-18H. The van der Waals surface area contributed by atoms with E-state index in [0.29, 0.717) is 11.0 Å². The van der Waals surface area contributed by atoms with Gasteiger partial charge in [-0.3, -0.25) is 0 Å². The summed E-state index contributed by atoms with van der Waals surface area (Å²) in [5.74, 6) is 0.591. The third-order valence-corrected chi connectivity index (χ3v) is 6.06. The molecule has 0 radical (unpaired) electrons. The minimum atomic E-state index is 0.385. The molecule has 4 aromatic carbocycles. The van der Waals surface area contributed by atoms with Crippen molar-refractivity contribution in [3.05, 3.63) is 114 Å². The van der Waals surface area contributed by atoms with Crippen molar-refractivity contribution in [1.82, 2.24) is 15.0 Å². The highest BCUT2D eigenvalue weighted by molar-refractivity contribution is 6.33. The monoisotopic (exact) mass is 443 g/mol. The van der Waals surface area contributed by atoms with Crippen molar-refractivity contribution in [3.63, 3.8) is 0 Å². The maximum absolute atomic E-state index is 6.93. The zero-order valence-corrected chi connectivity index (χ0v) is 18.4. The molecular formula is C29H18ClN3. The van der Waals surface area contributed by atoms with Gasteiger partial charge in [-0.05, 0) is 11.5 Å². The van der Waals surface area contributed by atoms with Crippen molar-refractivity contribution in [2.24, 2.45) is 0 Å². The molecule has 0 unspecified atom stereocenters. The van der Waals surface area contributed by atoms with E-state index in [1.807, 2.05) is 91.0 Å². The first-order chi connectivity index (χ1) is 16.3. The molecule has 0 aliphatic carbocycles. The molecule has 6 aromatic rings. The predicted molar refractivity (Wildman–Crippen MR) is 136 cm³/mol. The lowest BCUT2D eigenvalue weighted by Gasteiger charge is -2.15. The van der Waals surface area contributed by atoms with Gasteiger partial charge in [0.2, 0.25) is 0 Å². The van der Waals surface area contributed by atoms with Crippen molar-refractivity contribution in [2.75, 3.05) is 0 Å². The van der Waals surface area contributed by atoms with Crippen LogP contribution in [0.1, 0.15) is 0 Å². The fourth-order valence-electron chi connectivity index (χ4n) is 4.26. The highest BCUT2D eigenvalue weighted by Gasteiger charge is 2.21. The number of para-hydroxylation sites is 1. The Balaban J connectivity index is 1.72. The Labute approximate surface area is 196 Å². The Morgan fingerprint density at radius 1 is 0.455 bits per heavy atom. The van der Waals surface area contributed by atoms with Crippen LogP contribution in [0, 0.1) is 0 Å². The minimum Gasteiger partial charge on any atom is -0.247 e. The van der Waals surface area contributed by atoms with Crippen LogP contribution in [0.3, 0.4) is 0 Å². The molecule has 33 heavy (non-hydrogen) atoms. The Bertz CT molecular complexity index is 1610. The highest BCUT2D eigenvalue weighted by atomic mass is 35.5. The maximum Gasteiger partial charge on any atom is 0.161 e. The summed E-state index contributed by atoms with van der Waals surface area (Å²) in [6, 6.07) is 36.4. The topological polar surface area (TPSA) is 38.7 Å². The average molecular weight is 444 g/mol. The van der Waals surface area contributed by atoms with Crippen molar-refractivity contribution in [2.45, 2.75) is 0 Å². The van der Waals surface area contributed by atoms with Crippen LogP contribution < -0.4 is 0 Å². The molecule has 0 saturated heterocycles. The summed E-state index contributed by atoms with van der Waals surface area (Å²) in [5, 5.41) is 3.64. The molecule has 0 spiro atoms. The van der Waals surface area contributed by atoms with Crippen LogP contribution in [0.2, 0.25) is 5.15 Å². The van der Waals surface area contributed by atoms with E-state index in [-0.39, 0.29) is 0 Å². The maximum atomic E-state index is 6.93. The van der Waals surface area contributed by atoms with Crippen LogP contribution >= 0.6 is 11.6 Å². The number of nitrogens with zero attached hydrogens (tertiary/aromatic N) is 3. The number of pyridine rings is 1. The molecule has 0 N–H and O–H groups in total. The molecule has 3 nitrogen and oxygen atoms in total. The number of hydrogen-bond acceptors (Lipinski definition) is 3. The Hall–Kier alpha value is -4.08. The van der Waals surface area contributed by atoms with E-state index in [1.54, 1.807) is 0 Å². The van der Waals surface area contributed by atoms with Crippen LogP contribution in [0.5, 0.6) is 0 Å². The highest BCUT2D eigenvalue weighted by Crippen LogP contribution is 2.40. The summed E-state index contributed by atoms with van der Waals surface area (Å²) in [7, 11) is 0. The minimum absolute atomic E-state index is 0.385. The molecule has 0 saturated carbocycles. The lowest BCUT2D eigenvalue weighted by Crippen LogP contribution is -2.00. The van der Waals surface area contributed by atoms with Crippen molar-refractivity contribution < 1.29 is 0 Å². The van der Waals surface area contributed by atoms with E-state index in [4.69, 9.17) is 26.6 Å². The number of fused-ring (bicyclic) bond motifs is 3. The fourth-order valence-corrected chi connectivity index (χ4v) is 4.52. The van der Waals surface area contributed by atoms with Gasteiger partial charge in [0, 0.05) is 21.9 Å². The molecule has 6 rings (SSSR count). The Morgan fingerprint density at radius 3 is 1.76 bits per heavy atom. The number of benzene rings is 4. The summed E-state index contributed by atoms with van der Waals surface area (Å²) in [6.45, 7) is 0. The molecule has 0 atom stereocenters. The van der Waals surface area contributed by atoms with Crippen LogP contribution in [0.25, 0.3) is 55.6 Å². The van der Waals surface area contributed by atoms with E-state index >= 15 is 0 Å². The van der Waals surface area contributed by atoms with Crippen LogP contribution in [-0.4, -0.2) is 15.0 Å². The van der Waals surface area contributed by atoms with Crippen LogP contribution in [-0.2, 0) is 0 Å². The van der Waals surface area contributed by atoms with E-state index < -0.39 is 0 Å². The largest absolute Gasteiger partial charge is 0.247 e. The van der Waals surface area contributed by atoms with Gasteiger partial charge in [-0.15, -0.1) is 0 Å². The van der Waals surface area contributed by atoms with Gasteiger partial charge in [0.15, 0.2) is 5.82 Å². The summed E-state index contributed by atoms with van der Waals surface area (Å²) in [5.41, 5.74) is 5.08. The van der Waals surface area contributed by atoms with E-state index in [9.17, 15) is 0 Å². The van der Waals surface area contributed by atoms with Crippen molar-refractivity contribution >= 4 is 33.3 Å². The van der Waals surface area contributed by atoms with Crippen LogP contribution in [0.4, 0.5) is 0 Å². The van der Waals surface area contributed by atoms with Gasteiger partial charge >= 0.3 is 0 Å². The molecule has 0 amide bonds. The normalized spacial score (nSPS) is 11.2. The van der Waals surface area contributed by atoms with Gasteiger partial charge in [-0.1, -0.05) is 115 Å². The number of rotatable bonds is 3. The smallest absolute Gasteiger partial charge is 0.161 e. The van der Waals surface area contributed by atoms with Gasteiger partial charge in [0.1, 0.15) is 5.15 Å². The molecule has 0 aliphatic heterocycles. The second-order valence-corrected chi connectivity index (χ2v) is 8.17. The van der Waals surface area contributed by atoms with Gasteiger partial charge in [0.25, 0.3) is 0 Å². The third kappa shape index (κ3) is 3.43. The predicted octanol–water partition coefficient (Wildman–Crippen LogP) is 7.83. The molecule has 2 aromatic heterocycles. The number of aromatic nitrogens is 3. The van der Waals surface area contributed by atoms with Crippen molar-refractivity contribution in [3.8, 4) is 33.9 Å². The molecule has 4 heteroatoms. The van der Waals surface area contributed by atoms with Crippen LogP contribution in [0.15, 0.2) is 109 Å². The summed E-state index contributed by atoms with van der Waals surface area (Å²) < 4.78 is 0. The quantitative estimate of drug-likeness (QED) is 0.206. The first-order valence-electron chi connectivity index (χ1n) is 10.8. The Morgan fingerprint density at radius 2 is 1.03 bits per heavy atom. The lowest BCUT2D eigenvalue weighted by atomic mass is 9.97. The average Bonchev–Trinajstić information content (AvgIpc) is 2.89. The first-order valence-corrected chi connectivity index (χ1v) is 11.1. The second kappa shape index (κ2) is 8.12. The number of hydrogen-bond donors (Lipinski definition) is 0. The Kier molecular flexibility index (Phi) is 4.82. The summed E-state index contributed by atoms with van der Waals surface area (Å²) >= 11 is 6.93. The molecule has 156 valence electrons. The van der Waals surface area contributed by atoms with E-state index in [0.717, 1.165) is 49.8 Å². The second-order valence-electron chi connectivity index (χ2n) is 7.82. The van der Waals surface area contributed by atoms with E-state index in [1.165, 1.54) is 0 Å². The van der Waals surface area contributed by atoms with Gasteiger partial charge < -0.3 is 0 Å². The SMILES string of the molecule is Clc1nc(-c2ccccc2)nc(-c2ccccc2)c1-c1nc2ccccc2c2ccccc12. The lowest BCUT2D eigenvalue weighted by molar-refractivity contribution is 1.18. The van der Waals surface area contributed by atoms with Gasteiger partial charge in [0.05, 0.1) is 22.5 Å². The first kappa shape index (κ1) is 19.6. The molecular weight excluding hydrogens is 426 g/mol. The number of halogens is 1. The fraction of sp³-hybridized carbons (Fsp3) is 0. The summed E-state index contributed by atoms with van der Waals surface area (Å²) in [6.07, 6.45) is 0. The molecule has 0 fully saturated rings. The zero-order chi connectivity index (χ0) is 22.2. The third-order valence-electron chi connectivity index (χ3n) is 5.79.